The maximum absolute atomic E-state index is 11.3. The van der Waals surface area contributed by atoms with Gasteiger partial charge >= 0.3 is 11.4 Å². The first-order valence-corrected chi connectivity index (χ1v) is 8.20. The number of nitro groups is 2. The molecule has 21 heavy (non-hydrogen) atoms. The molecular weight excluding hydrogens is 332 g/mol. The van der Waals surface area contributed by atoms with Crippen molar-refractivity contribution in [2.45, 2.75) is 0 Å². The molecule has 3 heterocycles. The van der Waals surface area contributed by atoms with Crippen LogP contribution in [0.4, 0.5) is 11.4 Å². The van der Waals surface area contributed by atoms with Crippen molar-refractivity contribution < 1.29 is 9.85 Å². The molecule has 0 saturated heterocycles. The fourth-order valence-electron chi connectivity index (χ4n) is 1.90. The van der Waals surface area contributed by atoms with Gasteiger partial charge in [0.15, 0.2) is 0 Å². The van der Waals surface area contributed by atoms with Crippen LogP contribution in [-0.4, -0.2) is 9.85 Å². The van der Waals surface area contributed by atoms with E-state index in [2.05, 4.69) is 0 Å². The molecule has 0 amide bonds. The van der Waals surface area contributed by atoms with Crippen molar-refractivity contribution in [1.29, 1.82) is 0 Å². The molecule has 0 N–H and O–H groups in total. The summed E-state index contributed by atoms with van der Waals surface area (Å²) in [5.74, 6) is 0. The summed E-state index contributed by atoms with van der Waals surface area (Å²) in [5, 5.41) is 26.3. The highest BCUT2D eigenvalue weighted by atomic mass is 32.1. The zero-order chi connectivity index (χ0) is 15.0. The van der Waals surface area contributed by atoms with Crippen LogP contribution in [0.1, 0.15) is 0 Å². The molecule has 0 spiro atoms. The number of rotatable bonds is 4. The van der Waals surface area contributed by atoms with Gasteiger partial charge < -0.3 is 0 Å². The Balaban J connectivity index is 2.34. The first-order valence-electron chi connectivity index (χ1n) is 5.63. The van der Waals surface area contributed by atoms with E-state index >= 15 is 0 Å². The second-order valence-electron chi connectivity index (χ2n) is 3.93. The summed E-state index contributed by atoms with van der Waals surface area (Å²) in [6, 6.07) is 6.98. The SMILES string of the molecule is O=[N+]([O-])c1c(-c2cccs2)sc(-c2cccs2)c1[N+](=O)[O-]. The highest BCUT2D eigenvalue weighted by molar-refractivity contribution is 7.26. The van der Waals surface area contributed by atoms with Gasteiger partial charge in [-0.15, -0.1) is 34.0 Å². The molecule has 0 aliphatic rings. The fraction of sp³-hybridized carbons (Fsp3) is 0. The Hall–Kier alpha value is -2.10. The minimum absolute atomic E-state index is 0.338. The summed E-state index contributed by atoms with van der Waals surface area (Å²) in [6.45, 7) is 0. The molecule has 0 fully saturated rings. The van der Waals surface area contributed by atoms with Gasteiger partial charge in [0.05, 0.1) is 19.6 Å². The third-order valence-electron chi connectivity index (χ3n) is 2.71. The topological polar surface area (TPSA) is 86.3 Å². The van der Waals surface area contributed by atoms with Crippen LogP contribution in [-0.2, 0) is 0 Å². The van der Waals surface area contributed by atoms with Crippen molar-refractivity contribution in [3.05, 3.63) is 55.3 Å². The Morgan fingerprint density at radius 2 is 1.24 bits per heavy atom. The highest BCUT2D eigenvalue weighted by Gasteiger charge is 2.38. The molecule has 0 saturated carbocycles. The Morgan fingerprint density at radius 3 is 1.52 bits per heavy atom. The van der Waals surface area contributed by atoms with Crippen LogP contribution >= 0.6 is 34.0 Å². The van der Waals surface area contributed by atoms with Crippen molar-refractivity contribution in [1.82, 2.24) is 0 Å². The maximum Gasteiger partial charge on any atom is 0.366 e. The third kappa shape index (κ3) is 2.35. The predicted octanol–water partition coefficient (Wildman–Crippen LogP) is 5.02. The van der Waals surface area contributed by atoms with E-state index in [9.17, 15) is 20.2 Å². The molecule has 0 radical (unpaired) electrons. The summed E-state index contributed by atoms with van der Waals surface area (Å²) < 4.78 is 0. The van der Waals surface area contributed by atoms with Gasteiger partial charge in [0.1, 0.15) is 9.75 Å². The number of nitrogens with zero attached hydrogens (tertiary/aromatic N) is 2. The average Bonchev–Trinajstić information content (AvgIpc) is 3.17. The van der Waals surface area contributed by atoms with Crippen molar-refractivity contribution in [3.63, 3.8) is 0 Å². The molecule has 0 aliphatic heterocycles. The van der Waals surface area contributed by atoms with Gasteiger partial charge in [0, 0.05) is 0 Å². The van der Waals surface area contributed by atoms with E-state index in [1.54, 1.807) is 35.0 Å². The van der Waals surface area contributed by atoms with Gasteiger partial charge in [-0.25, -0.2) is 0 Å². The van der Waals surface area contributed by atoms with Gasteiger partial charge in [-0.2, -0.15) is 0 Å². The molecule has 0 aliphatic carbocycles. The zero-order valence-corrected chi connectivity index (χ0v) is 12.7. The van der Waals surface area contributed by atoms with E-state index in [1.807, 2.05) is 0 Å². The van der Waals surface area contributed by atoms with Crippen LogP contribution < -0.4 is 0 Å². The lowest BCUT2D eigenvalue weighted by Gasteiger charge is -1.93. The van der Waals surface area contributed by atoms with Crippen LogP contribution in [0.25, 0.3) is 19.5 Å². The van der Waals surface area contributed by atoms with Gasteiger partial charge in [-0.3, -0.25) is 20.2 Å². The first kappa shape index (κ1) is 13.9. The summed E-state index contributed by atoms with van der Waals surface area (Å²) in [6.07, 6.45) is 0. The maximum atomic E-state index is 11.3. The minimum atomic E-state index is -0.666. The van der Waals surface area contributed by atoms with E-state index in [-0.39, 0.29) is 0 Å². The molecule has 9 heteroatoms. The van der Waals surface area contributed by atoms with Crippen LogP contribution in [0.2, 0.25) is 0 Å². The molecule has 3 aromatic heterocycles. The molecule has 106 valence electrons. The second-order valence-corrected chi connectivity index (χ2v) is 6.84. The average molecular weight is 338 g/mol. The molecule has 3 rings (SSSR count). The first-order chi connectivity index (χ1) is 10.1. The fourth-order valence-corrected chi connectivity index (χ4v) is 4.85. The largest absolute Gasteiger partial charge is 0.366 e. The number of thiophene rings is 3. The van der Waals surface area contributed by atoms with Gasteiger partial charge in [-0.05, 0) is 22.9 Å². The van der Waals surface area contributed by atoms with E-state index in [0.29, 0.717) is 19.5 Å². The Kier molecular flexibility index (Phi) is 3.53. The Labute approximate surface area is 130 Å². The Bertz CT molecular complexity index is 739. The monoisotopic (exact) mass is 338 g/mol. The summed E-state index contributed by atoms with van der Waals surface area (Å²) in [7, 11) is 0. The van der Waals surface area contributed by atoms with E-state index in [0.717, 1.165) is 11.3 Å². The quantitative estimate of drug-likeness (QED) is 0.493. The van der Waals surface area contributed by atoms with Crippen molar-refractivity contribution >= 4 is 45.4 Å². The van der Waals surface area contributed by atoms with Crippen LogP contribution in [0, 0.1) is 20.2 Å². The third-order valence-corrected chi connectivity index (χ3v) is 5.98. The summed E-state index contributed by atoms with van der Waals surface area (Å²) >= 11 is 3.75. The minimum Gasteiger partial charge on any atom is -0.258 e. The molecule has 0 unspecified atom stereocenters. The van der Waals surface area contributed by atoms with Crippen LogP contribution in [0.15, 0.2) is 35.0 Å². The lowest BCUT2D eigenvalue weighted by molar-refractivity contribution is -0.420. The van der Waals surface area contributed by atoms with E-state index < -0.39 is 21.2 Å². The molecule has 0 atom stereocenters. The molecule has 0 aromatic carbocycles. The van der Waals surface area contributed by atoms with Gasteiger partial charge in [0.25, 0.3) is 0 Å². The molecule has 0 bridgehead atoms. The summed E-state index contributed by atoms with van der Waals surface area (Å²) in [5.41, 5.74) is -0.841. The van der Waals surface area contributed by atoms with Crippen molar-refractivity contribution in [2.24, 2.45) is 0 Å². The summed E-state index contributed by atoms with van der Waals surface area (Å²) in [4.78, 5) is 23.4. The molecule has 6 nitrogen and oxygen atoms in total. The predicted molar refractivity (Wildman–Crippen MR) is 84.3 cm³/mol. The van der Waals surface area contributed by atoms with E-state index in [4.69, 9.17) is 0 Å². The molecule has 3 aromatic rings. The van der Waals surface area contributed by atoms with Crippen molar-refractivity contribution in [2.75, 3.05) is 0 Å². The van der Waals surface area contributed by atoms with Gasteiger partial charge in [0.2, 0.25) is 0 Å². The lowest BCUT2D eigenvalue weighted by atomic mass is 10.2. The van der Waals surface area contributed by atoms with Gasteiger partial charge in [-0.1, -0.05) is 12.1 Å². The smallest absolute Gasteiger partial charge is 0.258 e. The Morgan fingerprint density at radius 1 is 0.810 bits per heavy atom. The molecular formula is C12H6N2O4S3. The van der Waals surface area contributed by atoms with E-state index in [1.165, 1.54) is 22.7 Å². The lowest BCUT2D eigenvalue weighted by Crippen LogP contribution is -1.95. The zero-order valence-electron chi connectivity index (χ0n) is 10.2. The number of hydrogen-bond acceptors (Lipinski definition) is 7. The second kappa shape index (κ2) is 5.35. The normalized spacial score (nSPS) is 10.7. The van der Waals surface area contributed by atoms with Crippen molar-refractivity contribution in [3.8, 4) is 19.5 Å². The number of hydrogen-bond donors (Lipinski definition) is 0. The van der Waals surface area contributed by atoms with Crippen LogP contribution in [0.5, 0.6) is 0 Å². The highest BCUT2D eigenvalue weighted by Crippen LogP contribution is 2.52. The standard InChI is InChI=1S/C12H6N2O4S3/c15-13(16)9-10(14(17)18)12(8-4-2-6-20-8)21-11(9)7-3-1-5-19-7/h1-6H. The van der Waals surface area contributed by atoms with Crippen LogP contribution in [0.3, 0.4) is 0 Å².